The summed E-state index contributed by atoms with van der Waals surface area (Å²) in [7, 11) is 3.36. The summed E-state index contributed by atoms with van der Waals surface area (Å²) in [6.07, 6.45) is 1.90. The van der Waals surface area contributed by atoms with Crippen LogP contribution in [0.4, 0.5) is 0 Å². The normalized spacial score (nSPS) is 13.5. The van der Waals surface area contributed by atoms with Gasteiger partial charge >= 0.3 is 0 Å². The largest absolute Gasteiger partial charge is 0.399 e. The van der Waals surface area contributed by atoms with Crippen molar-refractivity contribution in [1.82, 2.24) is 0 Å². The minimum absolute atomic E-state index is 0.928. The highest BCUT2D eigenvalue weighted by molar-refractivity contribution is 5.88. The van der Waals surface area contributed by atoms with E-state index in [9.17, 15) is 0 Å². The van der Waals surface area contributed by atoms with E-state index in [0.717, 1.165) is 24.3 Å². The quantitative estimate of drug-likeness (QED) is 0.452. The van der Waals surface area contributed by atoms with Crippen molar-refractivity contribution < 1.29 is 4.84 Å². The molecule has 0 aromatic carbocycles. The van der Waals surface area contributed by atoms with Crippen LogP contribution in [-0.2, 0) is 4.84 Å². The molecule has 0 aliphatic carbocycles. The Morgan fingerprint density at radius 2 is 1.73 bits per heavy atom. The summed E-state index contributed by atoms with van der Waals surface area (Å²) in [6, 6.07) is 0. The van der Waals surface area contributed by atoms with Gasteiger partial charge in [0, 0.05) is 12.8 Å². The van der Waals surface area contributed by atoms with Crippen molar-refractivity contribution >= 4 is 11.4 Å². The van der Waals surface area contributed by atoms with Gasteiger partial charge in [0.15, 0.2) is 0 Å². The van der Waals surface area contributed by atoms with Crippen molar-refractivity contribution in [3.8, 4) is 0 Å². The van der Waals surface area contributed by atoms with E-state index in [1.807, 2.05) is 13.8 Å². The number of rotatable bonds is 4. The number of oxime groups is 1. The zero-order chi connectivity index (χ0) is 8.69. The number of aliphatic imine (C=N–C) groups is 1. The summed E-state index contributed by atoms with van der Waals surface area (Å²) in [5, 5.41) is 3.79. The van der Waals surface area contributed by atoms with Gasteiger partial charge in [-0.15, -0.1) is 0 Å². The lowest BCUT2D eigenvalue weighted by Crippen LogP contribution is -1.98. The van der Waals surface area contributed by atoms with Gasteiger partial charge in [0.05, 0.1) is 5.71 Å². The molecular formula is C8H16N2O. The van der Waals surface area contributed by atoms with Crippen LogP contribution in [-0.4, -0.2) is 25.6 Å². The SMILES string of the molecule is C/N=C(/C)CC/C(C)=N/OC. The van der Waals surface area contributed by atoms with Gasteiger partial charge in [-0.3, -0.25) is 4.99 Å². The number of hydrogen-bond acceptors (Lipinski definition) is 3. The first-order valence-electron chi connectivity index (χ1n) is 3.69. The first kappa shape index (κ1) is 10.1. The Labute approximate surface area is 68.2 Å². The minimum Gasteiger partial charge on any atom is -0.399 e. The summed E-state index contributed by atoms with van der Waals surface area (Å²) < 4.78 is 0. The molecule has 0 N–H and O–H groups in total. The second kappa shape index (κ2) is 5.89. The van der Waals surface area contributed by atoms with Crippen LogP contribution < -0.4 is 0 Å². The summed E-state index contributed by atoms with van der Waals surface area (Å²) in [4.78, 5) is 8.66. The summed E-state index contributed by atoms with van der Waals surface area (Å²) >= 11 is 0. The van der Waals surface area contributed by atoms with Crippen LogP contribution in [0.2, 0.25) is 0 Å². The van der Waals surface area contributed by atoms with Crippen molar-refractivity contribution in [3.05, 3.63) is 0 Å². The predicted octanol–water partition coefficient (Wildman–Crippen LogP) is 1.88. The Hall–Kier alpha value is -0.860. The maximum Gasteiger partial charge on any atom is 0.106 e. The second-order valence-electron chi connectivity index (χ2n) is 2.47. The van der Waals surface area contributed by atoms with Gasteiger partial charge in [-0.05, 0) is 26.7 Å². The highest BCUT2D eigenvalue weighted by Gasteiger charge is 1.94. The average Bonchev–Trinajstić information content (AvgIpc) is 2.01. The Kier molecular flexibility index (Phi) is 5.43. The molecule has 11 heavy (non-hydrogen) atoms. The molecule has 0 saturated heterocycles. The van der Waals surface area contributed by atoms with E-state index < -0.39 is 0 Å². The van der Waals surface area contributed by atoms with Crippen LogP contribution in [0.3, 0.4) is 0 Å². The van der Waals surface area contributed by atoms with Gasteiger partial charge in [-0.25, -0.2) is 0 Å². The Balaban J connectivity index is 3.62. The van der Waals surface area contributed by atoms with E-state index >= 15 is 0 Å². The zero-order valence-electron chi connectivity index (χ0n) is 7.72. The fourth-order valence-electron chi connectivity index (χ4n) is 0.675. The van der Waals surface area contributed by atoms with Crippen molar-refractivity contribution in [3.63, 3.8) is 0 Å². The molecule has 0 heterocycles. The van der Waals surface area contributed by atoms with Crippen LogP contribution >= 0.6 is 0 Å². The van der Waals surface area contributed by atoms with Gasteiger partial charge in [0.2, 0.25) is 0 Å². The molecule has 64 valence electrons. The molecular weight excluding hydrogens is 140 g/mol. The molecule has 0 spiro atoms. The molecule has 3 nitrogen and oxygen atoms in total. The van der Waals surface area contributed by atoms with E-state index in [-0.39, 0.29) is 0 Å². The van der Waals surface area contributed by atoms with Crippen molar-refractivity contribution in [2.75, 3.05) is 14.2 Å². The van der Waals surface area contributed by atoms with E-state index in [0.29, 0.717) is 0 Å². The topological polar surface area (TPSA) is 34.0 Å². The van der Waals surface area contributed by atoms with Crippen molar-refractivity contribution in [2.45, 2.75) is 26.7 Å². The third-order valence-electron chi connectivity index (χ3n) is 1.48. The fourth-order valence-corrected chi connectivity index (χ4v) is 0.675. The number of nitrogens with zero attached hydrogens (tertiary/aromatic N) is 2. The lowest BCUT2D eigenvalue weighted by Gasteiger charge is -1.98. The van der Waals surface area contributed by atoms with Crippen LogP contribution in [0.1, 0.15) is 26.7 Å². The third-order valence-corrected chi connectivity index (χ3v) is 1.48. The van der Waals surface area contributed by atoms with Gasteiger partial charge in [-0.2, -0.15) is 0 Å². The molecule has 0 atom stereocenters. The van der Waals surface area contributed by atoms with Crippen LogP contribution in [0.15, 0.2) is 10.1 Å². The Morgan fingerprint density at radius 1 is 1.18 bits per heavy atom. The van der Waals surface area contributed by atoms with E-state index in [4.69, 9.17) is 0 Å². The lowest BCUT2D eigenvalue weighted by molar-refractivity contribution is 0.212. The van der Waals surface area contributed by atoms with Gasteiger partial charge in [0.25, 0.3) is 0 Å². The second-order valence-corrected chi connectivity index (χ2v) is 2.47. The lowest BCUT2D eigenvalue weighted by atomic mass is 10.2. The Bertz CT molecular complexity index is 161. The van der Waals surface area contributed by atoms with Gasteiger partial charge < -0.3 is 4.84 Å². The molecule has 0 unspecified atom stereocenters. The van der Waals surface area contributed by atoms with Crippen LogP contribution in [0, 0.1) is 0 Å². The molecule has 3 heteroatoms. The molecule has 0 saturated carbocycles. The Morgan fingerprint density at radius 3 is 2.18 bits per heavy atom. The van der Waals surface area contributed by atoms with E-state index in [2.05, 4.69) is 15.0 Å². The molecule has 0 aromatic rings. The zero-order valence-corrected chi connectivity index (χ0v) is 7.72. The fraction of sp³-hybridized carbons (Fsp3) is 0.750. The average molecular weight is 156 g/mol. The standard InChI is InChI=1S/C8H16N2O/c1-7(9-3)5-6-8(2)10-11-4/h5-6H2,1-4H3/b9-7-,10-8+. The molecule has 0 rings (SSSR count). The third kappa shape index (κ3) is 5.58. The first-order chi connectivity index (χ1) is 5.20. The monoisotopic (exact) mass is 156 g/mol. The predicted molar refractivity (Wildman–Crippen MR) is 48.4 cm³/mol. The van der Waals surface area contributed by atoms with Crippen LogP contribution in [0.25, 0.3) is 0 Å². The maximum absolute atomic E-state index is 4.62. The van der Waals surface area contributed by atoms with E-state index in [1.165, 1.54) is 0 Å². The highest BCUT2D eigenvalue weighted by atomic mass is 16.6. The molecule has 0 fully saturated rings. The summed E-state index contributed by atoms with van der Waals surface area (Å²) in [5.41, 5.74) is 2.16. The van der Waals surface area contributed by atoms with Crippen LogP contribution in [0.5, 0.6) is 0 Å². The van der Waals surface area contributed by atoms with Gasteiger partial charge in [-0.1, -0.05) is 5.16 Å². The highest BCUT2D eigenvalue weighted by Crippen LogP contribution is 1.95. The molecule has 0 aliphatic heterocycles. The molecule has 0 radical (unpaired) electrons. The molecule has 0 amide bonds. The smallest absolute Gasteiger partial charge is 0.106 e. The maximum atomic E-state index is 4.62. The van der Waals surface area contributed by atoms with Gasteiger partial charge in [0.1, 0.15) is 7.11 Å². The first-order valence-corrected chi connectivity index (χ1v) is 3.69. The molecule has 0 aromatic heterocycles. The van der Waals surface area contributed by atoms with E-state index in [1.54, 1.807) is 14.2 Å². The molecule has 0 aliphatic rings. The minimum atomic E-state index is 0.928. The van der Waals surface area contributed by atoms with Crippen molar-refractivity contribution in [1.29, 1.82) is 0 Å². The summed E-state index contributed by atoms with van der Waals surface area (Å²) in [5.74, 6) is 0. The number of hydrogen-bond donors (Lipinski definition) is 0. The summed E-state index contributed by atoms with van der Waals surface area (Å²) in [6.45, 7) is 3.96. The molecule has 0 bridgehead atoms. The van der Waals surface area contributed by atoms with Crippen molar-refractivity contribution in [2.24, 2.45) is 10.1 Å².